The molecule has 0 aliphatic rings. The molecule has 0 amide bonds. The number of nitro benzene ring substituents is 1. The Morgan fingerprint density at radius 1 is 1.56 bits per heavy atom. The van der Waals surface area contributed by atoms with Crippen LogP contribution in [0.5, 0.6) is 5.75 Å². The second kappa shape index (κ2) is 6.00. The first-order valence-corrected chi connectivity index (χ1v) is 5.60. The van der Waals surface area contributed by atoms with Gasteiger partial charge in [0.05, 0.1) is 4.92 Å². The monoisotopic (exact) mass is 253 g/mol. The van der Waals surface area contributed by atoms with Crippen molar-refractivity contribution in [1.82, 2.24) is 0 Å². The van der Waals surface area contributed by atoms with Crippen LogP contribution in [0.15, 0.2) is 18.2 Å². The minimum absolute atomic E-state index is 0.0396. The minimum Gasteiger partial charge on any atom is -0.479 e. The van der Waals surface area contributed by atoms with Gasteiger partial charge in [0.25, 0.3) is 5.69 Å². The van der Waals surface area contributed by atoms with Gasteiger partial charge in [0, 0.05) is 12.1 Å². The predicted molar refractivity (Wildman–Crippen MR) is 64.8 cm³/mol. The zero-order chi connectivity index (χ0) is 13.7. The van der Waals surface area contributed by atoms with Crippen molar-refractivity contribution in [1.29, 1.82) is 0 Å². The Kier molecular flexibility index (Phi) is 4.65. The number of benzene rings is 1. The van der Waals surface area contributed by atoms with E-state index >= 15 is 0 Å². The summed E-state index contributed by atoms with van der Waals surface area (Å²) in [4.78, 5) is 21.0. The molecule has 1 aromatic carbocycles. The lowest BCUT2D eigenvalue weighted by Gasteiger charge is -2.15. The van der Waals surface area contributed by atoms with Gasteiger partial charge >= 0.3 is 5.97 Å². The molecule has 0 fully saturated rings. The molecule has 18 heavy (non-hydrogen) atoms. The number of nitro groups is 1. The Hall–Kier alpha value is -2.11. The van der Waals surface area contributed by atoms with E-state index in [9.17, 15) is 14.9 Å². The Balaban J connectivity index is 2.90. The van der Waals surface area contributed by atoms with Crippen LogP contribution in [0.3, 0.4) is 0 Å². The van der Waals surface area contributed by atoms with Crippen molar-refractivity contribution in [3.05, 3.63) is 33.9 Å². The van der Waals surface area contributed by atoms with E-state index in [1.165, 1.54) is 18.2 Å². The average molecular weight is 253 g/mol. The highest BCUT2D eigenvalue weighted by atomic mass is 16.6. The molecule has 1 atom stereocenters. The molecule has 1 unspecified atom stereocenters. The molecule has 0 saturated heterocycles. The zero-order valence-corrected chi connectivity index (χ0v) is 10.3. The highest BCUT2D eigenvalue weighted by molar-refractivity contribution is 5.72. The van der Waals surface area contributed by atoms with E-state index in [4.69, 9.17) is 9.84 Å². The Morgan fingerprint density at radius 2 is 2.22 bits per heavy atom. The molecule has 1 N–H and O–H groups in total. The van der Waals surface area contributed by atoms with Crippen LogP contribution in [0.2, 0.25) is 0 Å². The molecular weight excluding hydrogens is 238 g/mol. The van der Waals surface area contributed by atoms with Crippen LogP contribution >= 0.6 is 0 Å². The van der Waals surface area contributed by atoms with Crippen LogP contribution in [-0.4, -0.2) is 22.1 Å². The third-order valence-corrected chi connectivity index (χ3v) is 2.46. The Morgan fingerprint density at radius 3 is 2.67 bits per heavy atom. The zero-order valence-electron chi connectivity index (χ0n) is 10.3. The Bertz CT molecular complexity index is 458. The van der Waals surface area contributed by atoms with Crippen LogP contribution in [0, 0.1) is 17.0 Å². The number of carboxylic acid groups (broad SMARTS) is 1. The number of hydrogen-bond donors (Lipinski definition) is 1. The molecule has 6 nitrogen and oxygen atoms in total. The summed E-state index contributed by atoms with van der Waals surface area (Å²) in [7, 11) is 0. The standard InChI is InChI=1S/C12H15NO5/c1-3-4-11(12(14)15)18-10-6-5-9(13(16)17)7-8(10)2/h5-7,11H,3-4H2,1-2H3,(H,14,15). The van der Waals surface area contributed by atoms with Gasteiger partial charge in [-0.3, -0.25) is 10.1 Å². The fourth-order valence-corrected chi connectivity index (χ4v) is 1.53. The third-order valence-electron chi connectivity index (χ3n) is 2.46. The van der Waals surface area contributed by atoms with Gasteiger partial charge in [-0.15, -0.1) is 0 Å². The quantitative estimate of drug-likeness (QED) is 0.621. The Labute approximate surface area is 104 Å². The molecule has 0 saturated carbocycles. The molecule has 0 bridgehead atoms. The lowest BCUT2D eigenvalue weighted by atomic mass is 10.2. The van der Waals surface area contributed by atoms with Crippen molar-refractivity contribution in [2.24, 2.45) is 0 Å². The molecule has 1 aromatic rings. The van der Waals surface area contributed by atoms with Crippen molar-refractivity contribution < 1.29 is 19.6 Å². The molecule has 1 rings (SSSR count). The summed E-state index contributed by atoms with van der Waals surface area (Å²) in [6.45, 7) is 3.51. The van der Waals surface area contributed by atoms with Gasteiger partial charge in [-0.1, -0.05) is 13.3 Å². The smallest absolute Gasteiger partial charge is 0.344 e. The number of carbonyl (C=O) groups is 1. The minimum atomic E-state index is -1.03. The van der Waals surface area contributed by atoms with Gasteiger partial charge in [0.2, 0.25) is 0 Å². The number of carboxylic acids is 1. The van der Waals surface area contributed by atoms with Crippen LogP contribution in [0.4, 0.5) is 5.69 Å². The van der Waals surface area contributed by atoms with Crippen LogP contribution in [0.25, 0.3) is 0 Å². The predicted octanol–water partition coefficient (Wildman–Crippen LogP) is 2.54. The van der Waals surface area contributed by atoms with E-state index in [1.54, 1.807) is 6.92 Å². The highest BCUT2D eigenvalue weighted by Gasteiger charge is 2.19. The summed E-state index contributed by atoms with van der Waals surface area (Å²) < 4.78 is 5.36. The van der Waals surface area contributed by atoms with Gasteiger partial charge in [0.15, 0.2) is 6.10 Å². The molecule has 98 valence electrons. The number of hydrogen-bond acceptors (Lipinski definition) is 4. The molecule has 0 aliphatic heterocycles. The van der Waals surface area contributed by atoms with Crippen LogP contribution < -0.4 is 4.74 Å². The normalized spacial score (nSPS) is 11.9. The van der Waals surface area contributed by atoms with Crippen molar-refractivity contribution in [3.8, 4) is 5.75 Å². The van der Waals surface area contributed by atoms with Gasteiger partial charge in [-0.25, -0.2) is 4.79 Å². The van der Waals surface area contributed by atoms with Crippen molar-refractivity contribution >= 4 is 11.7 Å². The molecule has 0 aliphatic carbocycles. The molecule has 6 heteroatoms. The molecule has 0 spiro atoms. The lowest BCUT2D eigenvalue weighted by molar-refractivity contribution is -0.384. The van der Waals surface area contributed by atoms with E-state index < -0.39 is 17.0 Å². The number of aliphatic carboxylic acids is 1. The summed E-state index contributed by atoms with van der Waals surface area (Å²) in [6, 6.07) is 4.09. The molecule has 0 heterocycles. The molecule has 0 radical (unpaired) electrons. The van der Waals surface area contributed by atoms with Crippen LogP contribution in [0.1, 0.15) is 25.3 Å². The van der Waals surface area contributed by atoms with Crippen molar-refractivity contribution in [2.45, 2.75) is 32.8 Å². The summed E-state index contributed by atoms with van der Waals surface area (Å²) >= 11 is 0. The average Bonchev–Trinajstić information content (AvgIpc) is 2.30. The second-order valence-corrected chi connectivity index (χ2v) is 3.94. The van der Waals surface area contributed by atoms with E-state index in [-0.39, 0.29) is 5.69 Å². The topological polar surface area (TPSA) is 89.7 Å². The summed E-state index contributed by atoms with van der Waals surface area (Å²) in [5.74, 6) is -0.670. The van der Waals surface area contributed by atoms with Gasteiger partial charge < -0.3 is 9.84 Å². The fourth-order valence-electron chi connectivity index (χ4n) is 1.53. The first-order chi connectivity index (χ1) is 8.45. The number of aryl methyl sites for hydroxylation is 1. The first-order valence-electron chi connectivity index (χ1n) is 5.60. The number of rotatable bonds is 6. The number of nitrogens with zero attached hydrogens (tertiary/aromatic N) is 1. The summed E-state index contributed by atoms with van der Waals surface area (Å²) in [5, 5.41) is 19.5. The first kappa shape index (κ1) is 14.0. The highest BCUT2D eigenvalue weighted by Crippen LogP contribution is 2.24. The maximum absolute atomic E-state index is 10.9. The third kappa shape index (κ3) is 3.44. The molecule has 0 aromatic heterocycles. The second-order valence-electron chi connectivity index (χ2n) is 3.94. The summed E-state index contributed by atoms with van der Waals surface area (Å²) in [5.41, 5.74) is 0.508. The van der Waals surface area contributed by atoms with Crippen LogP contribution in [-0.2, 0) is 4.79 Å². The van der Waals surface area contributed by atoms with E-state index in [0.29, 0.717) is 24.2 Å². The SMILES string of the molecule is CCCC(Oc1ccc([N+](=O)[O-])cc1C)C(=O)O. The number of non-ortho nitro benzene ring substituents is 1. The maximum Gasteiger partial charge on any atom is 0.344 e. The van der Waals surface area contributed by atoms with Crippen molar-refractivity contribution in [3.63, 3.8) is 0 Å². The van der Waals surface area contributed by atoms with E-state index in [1.807, 2.05) is 6.92 Å². The fraction of sp³-hybridized carbons (Fsp3) is 0.417. The van der Waals surface area contributed by atoms with Gasteiger partial charge in [0.1, 0.15) is 5.75 Å². The number of ether oxygens (including phenoxy) is 1. The summed E-state index contributed by atoms with van der Waals surface area (Å²) in [6.07, 6.45) is 0.157. The van der Waals surface area contributed by atoms with Gasteiger partial charge in [-0.2, -0.15) is 0 Å². The largest absolute Gasteiger partial charge is 0.479 e. The van der Waals surface area contributed by atoms with Crippen molar-refractivity contribution in [2.75, 3.05) is 0 Å². The maximum atomic E-state index is 10.9. The van der Waals surface area contributed by atoms with E-state index in [0.717, 1.165) is 0 Å². The van der Waals surface area contributed by atoms with Gasteiger partial charge in [-0.05, 0) is 25.0 Å². The lowest BCUT2D eigenvalue weighted by Crippen LogP contribution is -2.26. The molecular formula is C12H15NO5. The van der Waals surface area contributed by atoms with E-state index in [2.05, 4.69) is 0 Å².